The van der Waals surface area contributed by atoms with Gasteiger partial charge in [-0.15, -0.1) is 0 Å². The molecule has 4 N–H and O–H groups in total. The van der Waals surface area contributed by atoms with Crippen LogP contribution in [-0.4, -0.2) is 11.0 Å². The third-order valence-electron chi connectivity index (χ3n) is 1.65. The molecule has 0 aliphatic heterocycles. The van der Waals surface area contributed by atoms with Crippen molar-refractivity contribution in [2.24, 2.45) is 11.5 Å². The number of rotatable bonds is 3. The first-order chi connectivity index (χ1) is 5.72. The quantitative estimate of drug-likeness (QED) is 0.682. The third-order valence-corrected chi connectivity index (χ3v) is 1.65. The van der Waals surface area contributed by atoms with Gasteiger partial charge in [-0.25, -0.2) is 0 Å². The lowest BCUT2D eigenvalue weighted by atomic mass is 10.1. The molecule has 1 rings (SSSR count). The van der Waals surface area contributed by atoms with E-state index >= 15 is 0 Å². The van der Waals surface area contributed by atoms with Crippen LogP contribution in [0.5, 0.6) is 0 Å². The summed E-state index contributed by atoms with van der Waals surface area (Å²) < 4.78 is 0. The molecule has 0 saturated carbocycles. The van der Waals surface area contributed by atoms with Crippen molar-refractivity contribution >= 4 is 0 Å². The maximum Gasteiger partial charge on any atom is 0.0542 e. The van der Waals surface area contributed by atoms with Crippen molar-refractivity contribution in [3.63, 3.8) is 0 Å². The zero-order valence-corrected chi connectivity index (χ0v) is 7.33. The minimum Gasteiger partial charge on any atom is -0.328 e. The van der Waals surface area contributed by atoms with Gasteiger partial charge in [0.1, 0.15) is 0 Å². The first-order valence-electron chi connectivity index (χ1n) is 4.12. The van der Waals surface area contributed by atoms with Gasteiger partial charge in [-0.3, -0.25) is 4.98 Å². The van der Waals surface area contributed by atoms with Gasteiger partial charge in [0, 0.05) is 18.8 Å². The van der Waals surface area contributed by atoms with E-state index in [1.165, 1.54) is 5.56 Å². The summed E-state index contributed by atoms with van der Waals surface area (Å²) in [6.45, 7) is 2.48. The Morgan fingerprint density at radius 1 is 1.58 bits per heavy atom. The molecular weight excluding hydrogens is 150 g/mol. The number of nitrogens with two attached hydrogens (primary N) is 2. The molecule has 3 heteroatoms. The molecule has 0 amide bonds. The normalized spacial score (nSPS) is 12.9. The van der Waals surface area contributed by atoms with Gasteiger partial charge in [-0.1, -0.05) is 0 Å². The van der Waals surface area contributed by atoms with Crippen LogP contribution in [-0.2, 0) is 13.0 Å². The van der Waals surface area contributed by atoms with E-state index in [1.807, 2.05) is 19.1 Å². The maximum absolute atomic E-state index is 5.66. The van der Waals surface area contributed by atoms with E-state index < -0.39 is 0 Å². The topological polar surface area (TPSA) is 64.9 Å². The largest absolute Gasteiger partial charge is 0.328 e. The van der Waals surface area contributed by atoms with E-state index in [-0.39, 0.29) is 6.04 Å². The molecule has 1 aromatic rings. The van der Waals surface area contributed by atoms with E-state index in [0.717, 1.165) is 12.1 Å². The van der Waals surface area contributed by atoms with Crippen molar-refractivity contribution in [1.29, 1.82) is 0 Å². The van der Waals surface area contributed by atoms with Crippen molar-refractivity contribution < 1.29 is 0 Å². The van der Waals surface area contributed by atoms with E-state index in [4.69, 9.17) is 11.5 Å². The highest BCUT2D eigenvalue weighted by Crippen LogP contribution is 2.03. The summed E-state index contributed by atoms with van der Waals surface area (Å²) in [5.41, 5.74) is 13.3. The van der Waals surface area contributed by atoms with Gasteiger partial charge in [-0.05, 0) is 31.0 Å². The van der Waals surface area contributed by atoms with Crippen LogP contribution >= 0.6 is 0 Å². The second kappa shape index (κ2) is 4.18. The van der Waals surface area contributed by atoms with Crippen LogP contribution in [0.3, 0.4) is 0 Å². The lowest BCUT2D eigenvalue weighted by Crippen LogP contribution is -2.18. The molecule has 66 valence electrons. The molecule has 0 aliphatic rings. The molecule has 1 unspecified atom stereocenters. The van der Waals surface area contributed by atoms with Crippen LogP contribution in [0.15, 0.2) is 18.3 Å². The van der Waals surface area contributed by atoms with E-state index in [1.54, 1.807) is 6.20 Å². The summed E-state index contributed by atoms with van der Waals surface area (Å²) in [6.07, 6.45) is 2.66. The highest BCUT2D eigenvalue weighted by atomic mass is 14.7. The molecule has 0 aromatic carbocycles. The number of nitrogens with zero attached hydrogens (tertiary/aromatic N) is 1. The second-order valence-corrected chi connectivity index (χ2v) is 3.04. The maximum atomic E-state index is 5.66. The van der Waals surface area contributed by atoms with Crippen LogP contribution in [0.4, 0.5) is 0 Å². The first-order valence-corrected chi connectivity index (χ1v) is 4.12. The Balaban J connectivity index is 2.72. The van der Waals surface area contributed by atoms with Crippen molar-refractivity contribution in [3.8, 4) is 0 Å². The zero-order chi connectivity index (χ0) is 8.97. The van der Waals surface area contributed by atoms with E-state index in [9.17, 15) is 0 Å². The SMILES string of the molecule is CC(N)Cc1ccnc(CN)c1. The van der Waals surface area contributed by atoms with Gasteiger partial charge >= 0.3 is 0 Å². The van der Waals surface area contributed by atoms with E-state index in [2.05, 4.69) is 4.98 Å². The molecule has 1 aromatic heterocycles. The third kappa shape index (κ3) is 2.60. The molecule has 1 heterocycles. The molecule has 3 nitrogen and oxygen atoms in total. The predicted molar refractivity (Wildman–Crippen MR) is 49.5 cm³/mol. The predicted octanol–water partition coefficient (Wildman–Crippen LogP) is 0.430. The Morgan fingerprint density at radius 2 is 2.33 bits per heavy atom. The van der Waals surface area contributed by atoms with Crippen LogP contribution < -0.4 is 11.5 Å². The van der Waals surface area contributed by atoms with E-state index in [0.29, 0.717) is 6.54 Å². The molecule has 0 spiro atoms. The lowest BCUT2D eigenvalue weighted by Gasteiger charge is -2.05. The summed E-state index contributed by atoms with van der Waals surface area (Å²) in [5.74, 6) is 0. The van der Waals surface area contributed by atoms with Gasteiger partial charge in [0.15, 0.2) is 0 Å². The average molecular weight is 165 g/mol. The van der Waals surface area contributed by atoms with Crippen LogP contribution in [0.2, 0.25) is 0 Å². The molecular formula is C9H15N3. The minimum atomic E-state index is 0.193. The van der Waals surface area contributed by atoms with Crippen molar-refractivity contribution in [2.75, 3.05) is 0 Å². The molecule has 0 saturated heterocycles. The Hall–Kier alpha value is -0.930. The summed E-state index contributed by atoms with van der Waals surface area (Å²) >= 11 is 0. The van der Waals surface area contributed by atoms with Crippen LogP contribution in [0.25, 0.3) is 0 Å². The molecule has 12 heavy (non-hydrogen) atoms. The number of aromatic nitrogens is 1. The zero-order valence-electron chi connectivity index (χ0n) is 7.33. The monoisotopic (exact) mass is 165 g/mol. The number of hydrogen-bond donors (Lipinski definition) is 2. The standard InChI is InChI=1S/C9H15N3/c1-7(11)4-8-2-3-12-9(5-8)6-10/h2-3,5,7H,4,6,10-11H2,1H3. The minimum absolute atomic E-state index is 0.193. The van der Waals surface area contributed by atoms with Gasteiger partial charge in [0.25, 0.3) is 0 Å². The molecule has 0 aliphatic carbocycles. The lowest BCUT2D eigenvalue weighted by molar-refractivity contribution is 0.735. The molecule has 1 atom stereocenters. The highest BCUT2D eigenvalue weighted by Gasteiger charge is 1.98. The van der Waals surface area contributed by atoms with Crippen molar-refractivity contribution in [3.05, 3.63) is 29.6 Å². The fraction of sp³-hybridized carbons (Fsp3) is 0.444. The van der Waals surface area contributed by atoms with Gasteiger partial charge < -0.3 is 11.5 Å². The van der Waals surface area contributed by atoms with Crippen LogP contribution in [0, 0.1) is 0 Å². The average Bonchev–Trinajstić information content (AvgIpc) is 2.03. The fourth-order valence-corrected chi connectivity index (χ4v) is 1.14. The Labute approximate surface area is 72.8 Å². The summed E-state index contributed by atoms with van der Waals surface area (Å²) in [5, 5.41) is 0. The number of pyridine rings is 1. The Morgan fingerprint density at radius 3 is 2.92 bits per heavy atom. The number of hydrogen-bond acceptors (Lipinski definition) is 3. The van der Waals surface area contributed by atoms with Crippen molar-refractivity contribution in [2.45, 2.75) is 25.9 Å². The Kier molecular flexibility index (Phi) is 3.19. The summed E-state index contributed by atoms with van der Waals surface area (Å²) in [6, 6.07) is 4.17. The Bertz CT molecular complexity index is 245. The van der Waals surface area contributed by atoms with Crippen molar-refractivity contribution in [1.82, 2.24) is 4.98 Å². The molecule has 0 bridgehead atoms. The highest BCUT2D eigenvalue weighted by molar-refractivity contribution is 5.17. The molecule has 0 fully saturated rings. The van der Waals surface area contributed by atoms with Gasteiger partial charge in [0.2, 0.25) is 0 Å². The summed E-state index contributed by atoms with van der Waals surface area (Å²) in [7, 11) is 0. The first kappa shape index (κ1) is 9.16. The van der Waals surface area contributed by atoms with Gasteiger partial charge in [-0.2, -0.15) is 0 Å². The van der Waals surface area contributed by atoms with Gasteiger partial charge in [0.05, 0.1) is 5.69 Å². The summed E-state index contributed by atoms with van der Waals surface area (Å²) in [4.78, 5) is 4.10. The smallest absolute Gasteiger partial charge is 0.0542 e. The van der Waals surface area contributed by atoms with Crippen LogP contribution in [0.1, 0.15) is 18.2 Å². The molecule has 0 radical (unpaired) electrons. The fourth-order valence-electron chi connectivity index (χ4n) is 1.14. The second-order valence-electron chi connectivity index (χ2n) is 3.04.